The molecule has 0 bridgehead atoms. The summed E-state index contributed by atoms with van der Waals surface area (Å²) in [7, 11) is 11.4. The summed E-state index contributed by atoms with van der Waals surface area (Å²) in [5.74, 6) is -0.0506. The number of carbonyl (C=O) groups excluding carboxylic acids is 2. The molecule has 0 unspecified atom stereocenters. The van der Waals surface area contributed by atoms with E-state index in [4.69, 9.17) is 21.4 Å². The number of hydrogen-bond donors (Lipinski definition) is 6. The van der Waals surface area contributed by atoms with Crippen LogP contribution in [0, 0.1) is 11.8 Å². The summed E-state index contributed by atoms with van der Waals surface area (Å²) in [5, 5.41) is 5.90. The molecule has 3 aromatic heterocycles. The molecule has 0 aromatic carbocycles. The highest BCUT2D eigenvalue weighted by Crippen LogP contribution is 2.29. The number of halogens is 2. The van der Waals surface area contributed by atoms with E-state index >= 15 is 0 Å². The number of nitrogen functional groups attached to an aromatic ring is 1. The smallest absolute Gasteiger partial charge is 0.267 e. The van der Waals surface area contributed by atoms with Gasteiger partial charge < -0.3 is 31.3 Å². The average molecular weight is 559 g/mol. The second-order valence-corrected chi connectivity index (χ2v) is 9.44. The van der Waals surface area contributed by atoms with E-state index in [1.54, 1.807) is 6.07 Å². The van der Waals surface area contributed by atoms with E-state index in [-0.39, 0.29) is 29.2 Å². The molecule has 13 heteroatoms. The quantitative estimate of drug-likeness (QED) is 0.236. The van der Waals surface area contributed by atoms with Crippen molar-refractivity contribution in [3.8, 4) is 0 Å². The van der Waals surface area contributed by atoms with Gasteiger partial charge in [-0.3, -0.25) is 9.59 Å². The van der Waals surface area contributed by atoms with Crippen LogP contribution in [-0.2, 0) is 12.8 Å². The van der Waals surface area contributed by atoms with Crippen LogP contribution in [0.2, 0.25) is 0 Å². The first kappa shape index (κ1) is 22.8. The minimum atomic E-state index is -0.299. The van der Waals surface area contributed by atoms with Gasteiger partial charge in [-0.1, -0.05) is 5.46 Å². The number of fused-ring (bicyclic) bond motifs is 1. The summed E-state index contributed by atoms with van der Waals surface area (Å²) >= 11 is 6.70. The van der Waals surface area contributed by atoms with Crippen LogP contribution >= 0.6 is 31.9 Å². The number of amides is 2. The monoisotopic (exact) mass is 557 g/mol. The third-order valence-electron chi connectivity index (χ3n) is 5.62. The third-order valence-corrected chi connectivity index (χ3v) is 7.40. The fourth-order valence-corrected chi connectivity index (χ4v) is 4.56. The lowest BCUT2D eigenvalue weighted by Gasteiger charge is -2.31. The van der Waals surface area contributed by atoms with E-state index in [1.165, 1.54) is 6.07 Å². The fourth-order valence-electron chi connectivity index (χ4n) is 3.90. The number of nitrogens with two attached hydrogens (primary N) is 1. The highest BCUT2D eigenvalue weighted by Gasteiger charge is 2.31. The molecule has 9 nitrogen and oxygen atoms in total. The Kier molecular flexibility index (Phi) is 6.57. The van der Waals surface area contributed by atoms with Crippen molar-refractivity contribution in [2.24, 2.45) is 11.8 Å². The molecule has 2 amide bonds. The first-order valence-corrected chi connectivity index (χ1v) is 11.5. The van der Waals surface area contributed by atoms with Crippen LogP contribution in [0.25, 0.3) is 0 Å². The Balaban J connectivity index is 1.44. The SMILES string of the molecule is [B]c1cc(C(=O)NC[C@@H]2Cc3[nH]c(N)nc3C[C@H]2CNC(=O)c2cc(Br)c(Br)[nH]2)[nH]c1[B]. The summed E-state index contributed by atoms with van der Waals surface area (Å²) in [5.41, 5.74) is 9.00. The standard InChI is InChI=1S/C19H19B2Br2N7O2/c20-9-3-13(27-15(9)21)17(31)25-5-7-1-11-12(30-19(24)29-11)2-8(7)6-26-18(32)14-4-10(22)16(23)28-14/h3-4,7-8,27-28H,1-2,5-6H2,(H,25,31)(H,26,32)(H3,24,29,30)/t7-,8-/m0/s1. The molecule has 162 valence electrons. The van der Waals surface area contributed by atoms with Crippen molar-refractivity contribution in [3.05, 3.63) is 44.0 Å². The van der Waals surface area contributed by atoms with E-state index in [9.17, 15) is 9.59 Å². The molecular formula is C19H19B2Br2N7O2. The van der Waals surface area contributed by atoms with E-state index in [0.29, 0.717) is 53.3 Å². The zero-order valence-corrected chi connectivity index (χ0v) is 20.1. The number of hydrogen-bond acceptors (Lipinski definition) is 4. The average Bonchev–Trinajstić information content (AvgIpc) is 3.39. The molecule has 0 saturated carbocycles. The van der Waals surface area contributed by atoms with Crippen LogP contribution in [0.4, 0.5) is 5.95 Å². The first-order chi connectivity index (χ1) is 15.2. The Hall–Kier alpha value is -2.40. The van der Waals surface area contributed by atoms with Gasteiger partial charge >= 0.3 is 0 Å². The lowest BCUT2D eigenvalue weighted by molar-refractivity contribution is 0.0911. The van der Waals surface area contributed by atoms with Gasteiger partial charge in [0.05, 0.1) is 14.8 Å². The Bertz CT molecular complexity index is 1050. The predicted molar refractivity (Wildman–Crippen MR) is 130 cm³/mol. The van der Waals surface area contributed by atoms with Gasteiger partial charge in [0.2, 0.25) is 0 Å². The Morgan fingerprint density at radius 2 is 1.66 bits per heavy atom. The third kappa shape index (κ3) is 4.83. The van der Waals surface area contributed by atoms with Crippen LogP contribution in [0.1, 0.15) is 32.4 Å². The van der Waals surface area contributed by atoms with Gasteiger partial charge in [-0.15, -0.1) is 0 Å². The summed E-state index contributed by atoms with van der Waals surface area (Å²) in [4.78, 5) is 38.3. The van der Waals surface area contributed by atoms with E-state index in [1.807, 2.05) is 0 Å². The maximum atomic E-state index is 12.6. The molecule has 7 N–H and O–H groups in total. The van der Waals surface area contributed by atoms with Gasteiger partial charge in [-0.25, -0.2) is 4.98 Å². The van der Waals surface area contributed by atoms with Crippen LogP contribution in [0.5, 0.6) is 0 Å². The fraction of sp³-hybridized carbons (Fsp3) is 0.316. The predicted octanol–water partition coefficient (Wildman–Crippen LogP) is -0.0483. The topological polar surface area (TPSA) is 144 Å². The Morgan fingerprint density at radius 1 is 1.03 bits per heavy atom. The number of aromatic nitrogens is 4. The molecule has 3 heterocycles. The summed E-state index contributed by atoms with van der Waals surface area (Å²) < 4.78 is 1.46. The number of rotatable bonds is 6. The van der Waals surface area contributed by atoms with Crippen LogP contribution in [0.3, 0.4) is 0 Å². The van der Waals surface area contributed by atoms with Crippen molar-refractivity contribution in [2.45, 2.75) is 12.8 Å². The zero-order valence-electron chi connectivity index (χ0n) is 16.9. The van der Waals surface area contributed by atoms with Gasteiger partial charge in [-0.05, 0) is 74.3 Å². The van der Waals surface area contributed by atoms with Crippen LogP contribution < -0.4 is 27.4 Å². The van der Waals surface area contributed by atoms with E-state index < -0.39 is 0 Å². The Morgan fingerprint density at radius 3 is 2.22 bits per heavy atom. The van der Waals surface area contributed by atoms with Gasteiger partial charge in [-0.2, -0.15) is 0 Å². The maximum Gasteiger partial charge on any atom is 0.267 e. The number of imidazole rings is 1. The van der Waals surface area contributed by atoms with E-state index in [2.05, 4.69) is 62.4 Å². The van der Waals surface area contributed by atoms with Crippen molar-refractivity contribution in [2.75, 3.05) is 18.8 Å². The minimum absolute atomic E-state index is 0.0510. The molecule has 1 aliphatic rings. The van der Waals surface area contributed by atoms with Crippen LogP contribution in [-0.4, -0.2) is 60.5 Å². The van der Waals surface area contributed by atoms with Crippen molar-refractivity contribution in [1.82, 2.24) is 30.6 Å². The molecule has 0 saturated heterocycles. The highest BCUT2D eigenvalue weighted by molar-refractivity contribution is 9.13. The normalized spacial score (nSPS) is 17.7. The van der Waals surface area contributed by atoms with Crippen LogP contribution in [0.15, 0.2) is 21.2 Å². The van der Waals surface area contributed by atoms with Gasteiger partial charge in [0.1, 0.15) is 27.1 Å². The summed E-state index contributed by atoms with van der Waals surface area (Å²) in [6.07, 6.45) is 1.28. The first-order valence-electron chi connectivity index (χ1n) is 9.88. The highest BCUT2D eigenvalue weighted by atomic mass is 79.9. The lowest BCUT2D eigenvalue weighted by Crippen LogP contribution is -2.42. The number of H-pyrrole nitrogens is 3. The molecule has 0 fully saturated rings. The largest absolute Gasteiger partial charge is 0.369 e. The minimum Gasteiger partial charge on any atom is -0.369 e. The number of nitrogens with zero attached hydrogens (tertiary/aromatic N) is 1. The molecule has 3 aromatic rings. The van der Waals surface area contributed by atoms with Gasteiger partial charge in [0.15, 0.2) is 5.95 Å². The molecular weight excluding hydrogens is 540 g/mol. The molecule has 4 rings (SSSR count). The van der Waals surface area contributed by atoms with Gasteiger partial charge in [0.25, 0.3) is 11.8 Å². The van der Waals surface area contributed by atoms with Crippen molar-refractivity contribution in [1.29, 1.82) is 0 Å². The number of aromatic amines is 3. The van der Waals surface area contributed by atoms with E-state index in [0.717, 1.165) is 15.9 Å². The molecule has 2 atom stereocenters. The molecule has 0 aliphatic heterocycles. The van der Waals surface area contributed by atoms with Gasteiger partial charge in [0, 0.05) is 18.8 Å². The Labute approximate surface area is 203 Å². The van der Waals surface area contributed by atoms with Crippen molar-refractivity contribution >= 4 is 76.4 Å². The molecule has 4 radical (unpaired) electrons. The lowest BCUT2D eigenvalue weighted by atomic mass is 9.79. The molecule has 32 heavy (non-hydrogen) atoms. The second kappa shape index (κ2) is 9.22. The molecule has 1 aliphatic carbocycles. The summed E-state index contributed by atoms with van der Waals surface area (Å²) in [6, 6.07) is 3.21. The van der Waals surface area contributed by atoms with Crippen molar-refractivity contribution < 1.29 is 9.59 Å². The molecule has 0 spiro atoms. The number of nitrogens with one attached hydrogen (secondary N) is 5. The van der Waals surface area contributed by atoms with Crippen molar-refractivity contribution in [3.63, 3.8) is 0 Å². The second-order valence-electron chi connectivity index (χ2n) is 7.79. The summed E-state index contributed by atoms with van der Waals surface area (Å²) in [6.45, 7) is 0.818. The zero-order chi connectivity index (χ0) is 23.0. The number of carbonyl (C=O) groups is 2. The number of anilines is 1. The maximum absolute atomic E-state index is 12.6.